The molecule has 0 spiro atoms. The molecule has 2 aliphatic rings. The van der Waals surface area contributed by atoms with Crippen molar-refractivity contribution in [1.29, 1.82) is 0 Å². The molecule has 2 aromatic rings. The lowest BCUT2D eigenvalue weighted by Gasteiger charge is -2.36. The number of anilines is 1. The van der Waals surface area contributed by atoms with E-state index in [-0.39, 0.29) is 5.60 Å². The van der Waals surface area contributed by atoms with Crippen molar-refractivity contribution in [3.63, 3.8) is 0 Å². The minimum absolute atomic E-state index is 0.0388. The van der Waals surface area contributed by atoms with Crippen LogP contribution in [0.15, 0.2) is 24.3 Å². The van der Waals surface area contributed by atoms with Gasteiger partial charge in [-0.3, -0.25) is 0 Å². The Morgan fingerprint density at radius 1 is 1.31 bits per heavy atom. The first-order valence-electron chi connectivity index (χ1n) is 9.72. The SMILES string of the molecule is CC1(C)CC(NCc2cc3cccc(Cl)c3nc2N2CCCC2)CCO1. The molecule has 1 atom stereocenters. The van der Waals surface area contributed by atoms with Crippen LogP contribution in [0.3, 0.4) is 0 Å². The Balaban J connectivity index is 1.61. The Bertz CT molecular complexity index is 786. The fraction of sp³-hybridized carbons (Fsp3) is 0.571. The van der Waals surface area contributed by atoms with Gasteiger partial charge in [0.05, 0.1) is 16.1 Å². The van der Waals surface area contributed by atoms with E-state index in [1.54, 1.807) is 0 Å². The largest absolute Gasteiger partial charge is 0.375 e. The fourth-order valence-corrected chi connectivity index (χ4v) is 4.41. The third-order valence-electron chi connectivity index (χ3n) is 5.54. The van der Waals surface area contributed by atoms with E-state index in [1.165, 1.54) is 18.4 Å². The smallest absolute Gasteiger partial charge is 0.133 e. The van der Waals surface area contributed by atoms with Crippen molar-refractivity contribution in [3.05, 3.63) is 34.9 Å². The van der Waals surface area contributed by atoms with Crippen LogP contribution in [0.2, 0.25) is 5.02 Å². The van der Waals surface area contributed by atoms with Crippen LogP contribution in [-0.2, 0) is 11.3 Å². The topological polar surface area (TPSA) is 37.4 Å². The third kappa shape index (κ3) is 3.83. The number of para-hydroxylation sites is 1. The van der Waals surface area contributed by atoms with Crippen LogP contribution in [0.4, 0.5) is 5.82 Å². The highest BCUT2D eigenvalue weighted by Gasteiger charge is 2.29. The van der Waals surface area contributed by atoms with Gasteiger partial charge in [-0.2, -0.15) is 0 Å². The highest BCUT2D eigenvalue weighted by atomic mass is 35.5. The number of rotatable bonds is 4. The van der Waals surface area contributed by atoms with Crippen molar-refractivity contribution >= 4 is 28.3 Å². The number of hydrogen-bond donors (Lipinski definition) is 1. The van der Waals surface area contributed by atoms with Gasteiger partial charge in [0.2, 0.25) is 0 Å². The van der Waals surface area contributed by atoms with Crippen LogP contribution < -0.4 is 10.2 Å². The van der Waals surface area contributed by atoms with E-state index in [9.17, 15) is 0 Å². The Kier molecular flexibility index (Phi) is 5.09. The van der Waals surface area contributed by atoms with E-state index in [1.807, 2.05) is 12.1 Å². The summed E-state index contributed by atoms with van der Waals surface area (Å²) in [4.78, 5) is 7.39. The molecule has 0 bridgehead atoms. The second-order valence-electron chi connectivity index (χ2n) is 8.16. The standard InChI is InChI=1S/C21H28ClN3O/c1-21(2)13-17(8-11-26-21)23-14-16-12-15-6-5-7-18(22)19(15)24-20(16)25-9-3-4-10-25/h5-7,12,17,23H,3-4,8-11,13-14H2,1-2H3. The monoisotopic (exact) mass is 373 g/mol. The predicted molar refractivity (Wildman–Crippen MR) is 108 cm³/mol. The Labute approximate surface area is 160 Å². The van der Waals surface area contributed by atoms with Crippen LogP contribution in [0.25, 0.3) is 10.9 Å². The Morgan fingerprint density at radius 3 is 2.88 bits per heavy atom. The summed E-state index contributed by atoms with van der Waals surface area (Å²) in [7, 11) is 0. The second-order valence-corrected chi connectivity index (χ2v) is 8.56. The lowest BCUT2D eigenvalue weighted by molar-refractivity contribution is -0.0630. The van der Waals surface area contributed by atoms with Crippen LogP contribution in [0, 0.1) is 0 Å². The number of hydrogen-bond acceptors (Lipinski definition) is 4. The molecule has 4 nitrogen and oxygen atoms in total. The van der Waals surface area contributed by atoms with E-state index >= 15 is 0 Å². The first-order valence-corrected chi connectivity index (χ1v) is 10.1. The third-order valence-corrected chi connectivity index (χ3v) is 5.84. The first-order chi connectivity index (χ1) is 12.5. The van der Waals surface area contributed by atoms with Gasteiger partial charge < -0.3 is 15.0 Å². The molecule has 2 fully saturated rings. The molecule has 1 aromatic heterocycles. The number of aromatic nitrogens is 1. The van der Waals surface area contributed by atoms with Crippen LogP contribution in [0.1, 0.15) is 45.1 Å². The van der Waals surface area contributed by atoms with Crippen LogP contribution >= 0.6 is 11.6 Å². The lowest BCUT2D eigenvalue weighted by atomic mass is 9.94. The minimum Gasteiger partial charge on any atom is -0.375 e. The summed E-state index contributed by atoms with van der Waals surface area (Å²) >= 11 is 6.41. The zero-order valence-electron chi connectivity index (χ0n) is 15.7. The van der Waals surface area contributed by atoms with Crippen molar-refractivity contribution < 1.29 is 4.74 Å². The number of nitrogens with one attached hydrogen (secondary N) is 1. The number of benzene rings is 1. The molecule has 3 heterocycles. The molecule has 1 unspecified atom stereocenters. The molecular weight excluding hydrogens is 346 g/mol. The molecule has 1 aromatic carbocycles. The molecule has 0 saturated carbocycles. The first kappa shape index (κ1) is 18.0. The summed E-state index contributed by atoms with van der Waals surface area (Å²) < 4.78 is 5.85. The maximum atomic E-state index is 6.41. The molecule has 0 radical (unpaired) electrons. The average molecular weight is 374 g/mol. The molecular formula is C21H28ClN3O. The van der Waals surface area contributed by atoms with E-state index in [2.05, 4.69) is 36.2 Å². The van der Waals surface area contributed by atoms with Gasteiger partial charge in [-0.1, -0.05) is 23.7 Å². The van der Waals surface area contributed by atoms with Gasteiger partial charge in [0.1, 0.15) is 5.82 Å². The molecule has 0 amide bonds. The van der Waals surface area contributed by atoms with Crippen molar-refractivity contribution in [1.82, 2.24) is 10.3 Å². The number of nitrogens with zero attached hydrogens (tertiary/aromatic N) is 2. The number of pyridine rings is 1. The summed E-state index contributed by atoms with van der Waals surface area (Å²) in [6, 6.07) is 8.77. The molecule has 26 heavy (non-hydrogen) atoms. The van der Waals surface area contributed by atoms with Gasteiger partial charge in [0, 0.05) is 43.2 Å². The Hall–Kier alpha value is -1.36. The molecule has 1 N–H and O–H groups in total. The van der Waals surface area contributed by atoms with Crippen LogP contribution in [-0.4, -0.2) is 36.3 Å². The van der Waals surface area contributed by atoms with E-state index in [0.717, 1.165) is 60.8 Å². The maximum absolute atomic E-state index is 6.41. The summed E-state index contributed by atoms with van der Waals surface area (Å²) in [5.74, 6) is 1.10. The quantitative estimate of drug-likeness (QED) is 0.854. The molecule has 140 valence electrons. The number of halogens is 1. The molecule has 5 heteroatoms. The Morgan fingerprint density at radius 2 is 2.12 bits per heavy atom. The fourth-order valence-electron chi connectivity index (χ4n) is 4.19. The summed E-state index contributed by atoms with van der Waals surface area (Å²) in [5.41, 5.74) is 2.14. The van der Waals surface area contributed by atoms with Crippen molar-refractivity contribution in [2.24, 2.45) is 0 Å². The maximum Gasteiger partial charge on any atom is 0.133 e. The number of fused-ring (bicyclic) bond motifs is 1. The predicted octanol–water partition coefficient (Wildman–Crippen LogP) is 4.54. The second kappa shape index (κ2) is 7.34. The van der Waals surface area contributed by atoms with E-state index in [4.69, 9.17) is 21.3 Å². The highest BCUT2D eigenvalue weighted by Crippen LogP contribution is 2.30. The molecule has 4 rings (SSSR count). The van der Waals surface area contributed by atoms with Gasteiger partial charge >= 0.3 is 0 Å². The van der Waals surface area contributed by atoms with Gasteiger partial charge in [-0.05, 0) is 51.7 Å². The van der Waals surface area contributed by atoms with Gasteiger partial charge in [-0.15, -0.1) is 0 Å². The van der Waals surface area contributed by atoms with E-state index < -0.39 is 0 Å². The average Bonchev–Trinajstić information content (AvgIpc) is 3.13. The molecule has 2 aliphatic heterocycles. The van der Waals surface area contributed by atoms with Gasteiger partial charge in [-0.25, -0.2) is 4.98 Å². The number of ether oxygens (including phenoxy) is 1. The minimum atomic E-state index is -0.0388. The zero-order valence-corrected chi connectivity index (χ0v) is 16.5. The van der Waals surface area contributed by atoms with E-state index in [0.29, 0.717) is 6.04 Å². The zero-order chi connectivity index (χ0) is 18.1. The van der Waals surface area contributed by atoms with Gasteiger partial charge in [0.15, 0.2) is 0 Å². The van der Waals surface area contributed by atoms with Crippen molar-refractivity contribution in [2.75, 3.05) is 24.6 Å². The van der Waals surface area contributed by atoms with Crippen molar-refractivity contribution in [3.8, 4) is 0 Å². The molecule has 2 saturated heterocycles. The lowest BCUT2D eigenvalue weighted by Crippen LogP contribution is -2.43. The van der Waals surface area contributed by atoms with Gasteiger partial charge in [0.25, 0.3) is 0 Å². The summed E-state index contributed by atoms with van der Waals surface area (Å²) in [6.45, 7) is 8.18. The molecule has 0 aliphatic carbocycles. The van der Waals surface area contributed by atoms with Crippen LogP contribution in [0.5, 0.6) is 0 Å². The summed E-state index contributed by atoms with van der Waals surface area (Å²) in [6.07, 6.45) is 4.58. The van der Waals surface area contributed by atoms with Crippen molar-refractivity contribution in [2.45, 2.75) is 57.7 Å². The highest BCUT2D eigenvalue weighted by molar-refractivity contribution is 6.35. The summed E-state index contributed by atoms with van der Waals surface area (Å²) in [5, 5.41) is 5.60. The normalized spacial score (nSPS) is 22.9.